The van der Waals surface area contributed by atoms with E-state index in [1.807, 2.05) is 6.92 Å². The molecule has 0 aliphatic heterocycles. The molecular formula is C15H20O4. The first-order valence-corrected chi connectivity index (χ1v) is 6.51. The Bertz CT molecular complexity index is 422. The van der Waals surface area contributed by atoms with Crippen molar-refractivity contribution in [3.05, 3.63) is 29.8 Å². The number of rotatable bonds is 8. The molecule has 4 nitrogen and oxygen atoms in total. The maximum Gasteiger partial charge on any atom is 0.314 e. The van der Waals surface area contributed by atoms with Crippen molar-refractivity contribution in [3.8, 4) is 5.75 Å². The van der Waals surface area contributed by atoms with Gasteiger partial charge in [0.25, 0.3) is 0 Å². The standard InChI is InChI=1S/C15H20O4/c1-3-4-5-6-13(15(17)18)14(16)11-7-9-12(19-2)10-8-11/h7-10,13H,3-6H2,1-2H3,(H,17,18). The first-order chi connectivity index (χ1) is 9.10. The van der Waals surface area contributed by atoms with E-state index in [0.717, 1.165) is 19.3 Å². The van der Waals surface area contributed by atoms with Gasteiger partial charge in [-0.2, -0.15) is 0 Å². The number of carboxylic acid groups (broad SMARTS) is 1. The van der Waals surface area contributed by atoms with Crippen molar-refractivity contribution in [1.29, 1.82) is 0 Å². The van der Waals surface area contributed by atoms with E-state index in [2.05, 4.69) is 0 Å². The number of benzene rings is 1. The van der Waals surface area contributed by atoms with Gasteiger partial charge >= 0.3 is 5.97 Å². The molecule has 19 heavy (non-hydrogen) atoms. The number of carbonyl (C=O) groups excluding carboxylic acids is 1. The van der Waals surface area contributed by atoms with Crippen LogP contribution in [0.4, 0.5) is 0 Å². The van der Waals surface area contributed by atoms with Crippen molar-refractivity contribution in [1.82, 2.24) is 0 Å². The zero-order valence-electron chi connectivity index (χ0n) is 11.4. The molecule has 0 bridgehead atoms. The molecule has 1 N–H and O–H groups in total. The quantitative estimate of drug-likeness (QED) is 0.445. The zero-order valence-corrected chi connectivity index (χ0v) is 11.4. The molecule has 0 aliphatic carbocycles. The number of hydrogen-bond donors (Lipinski definition) is 1. The molecule has 1 aromatic carbocycles. The van der Waals surface area contributed by atoms with Gasteiger partial charge in [-0.15, -0.1) is 0 Å². The van der Waals surface area contributed by atoms with E-state index in [1.165, 1.54) is 0 Å². The highest BCUT2D eigenvalue weighted by atomic mass is 16.5. The molecule has 0 aliphatic rings. The fourth-order valence-electron chi connectivity index (χ4n) is 1.92. The van der Waals surface area contributed by atoms with Gasteiger partial charge in [-0.05, 0) is 30.7 Å². The number of ether oxygens (including phenoxy) is 1. The lowest BCUT2D eigenvalue weighted by Crippen LogP contribution is -2.24. The molecule has 1 rings (SSSR count). The minimum atomic E-state index is -1.04. The van der Waals surface area contributed by atoms with Crippen LogP contribution in [0.5, 0.6) is 5.75 Å². The van der Waals surface area contributed by atoms with Gasteiger partial charge in [0.1, 0.15) is 11.7 Å². The molecule has 0 saturated heterocycles. The van der Waals surface area contributed by atoms with E-state index in [4.69, 9.17) is 9.84 Å². The van der Waals surface area contributed by atoms with E-state index in [1.54, 1.807) is 31.4 Å². The summed E-state index contributed by atoms with van der Waals surface area (Å²) in [5.41, 5.74) is 0.421. The molecule has 1 unspecified atom stereocenters. The number of hydrogen-bond acceptors (Lipinski definition) is 3. The summed E-state index contributed by atoms with van der Waals surface area (Å²) in [6.45, 7) is 2.04. The molecule has 0 heterocycles. The van der Waals surface area contributed by atoms with E-state index < -0.39 is 11.9 Å². The average Bonchev–Trinajstić information content (AvgIpc) is 2.42. The van der Waals surface area contributed by atoms with Crippen LogP contribution in [0.2, 0.25) is 0 Å². The second-order valence-corrected chi connectivity index (χ2v) is 4.48. The van der Waals surface area contributed by atoms with Gasteiger partial charge in [0, 0.05) is 5.56 Å². The van der Waals surface area contributed by atoms with Crippen LogP contribution in [0, 0.1) is 5.92 Å². The molecule has 0 aromatic heterocycles. The fourth-order valence-corrected chi connectivity index (χ4v) is 1.92. The summed E-state index contributed by atoms with van der Waals surface area (Å²) in [4.78, 5) is 23.3. The maximum atomic E-state index is 12.2. The highest BCUT2D eigenvalue weighted by molar-refractivity contribution is 6.08. The normalized spacial score (nSPS) is 11.9. The zero-order chi connectivity index (χ0) is 14.3. The van der Waals surface area contributed by atoms with Gasteiger partial charge in [-0.25, -0.2) is 0 Å². The summed E-state index contributed by atoms with van der Waals surface area (Å²) in [6, 6.07) is 6.55. The largest absolute Gasteiger partial charge is 0.497 e. The molecule has 4 heteroatoms. The summed E-state index contributed by atoms with van der Waals surface area (Å²) in [5.74, 6) is -1.67. The Morgan fingerprint density at radius 2 is 1.84 bits per heavy atom. The second-order valence-electron chi connectivity index (χ2n) is 4.48. The number of unbranched alkanes of at least 4 members (excludes halogenated alkanes) is 2. The predicted octanol–water partition coefficient (Wildman–Crippen LogP) is 3.16. The van der Waals surface area contributed by atoms with Crippen molar-refractivity contribution in [3.63, 3.8) is 0 Å². The van der Waals surface area contributed by atoms with Crippen LogP contribution in [-0.2, 0) is 4.79 Å². The lowest BCUT2D eigenvalue weighted by molar-refractivity contribution is -0.140. The van der Waals surface area contributed by atoms with Crippen molar-refractivity contribution in [2.24, 2.45) is 5.92 Å². The number of carbonyl (C=O) groups is 2. The number of carboxylic acids is 1. The Labute approximate surface area is 113 Å². The van der Waals surface area contributed by atoms with Gasteiger partial charge < -0.3 is 9.84 Å². The van der Waals surface area contributed by atoms with E-state index >= 15 is 0 Å². The third-order valence-electron chi connectivity index (χ3n) is 3.09. The molecule has 0 saturated carbocycles. The van der Waals surface area contributed by atoms with E-state index in [0.29, 0.717) is 17.7 Å². The lowest BCUT2D eigenvalue weighted by atomic mass is 9.92. The Morgan fingerprint density at radius 3 is 2.32 bits per heavy atom. The Kier molecular flexibility index (Phi) is 6.06. The molecule has 1 atom stereocenters. The summed E-state index contributed by atoms with van der Waals surface area (Å²) >= 11 is 0. The summed E-state index contributed by atoms with van der Waals surface area (Å²) in [7, 11) is 1.54. The number of ketones is 1. The van der Waals surface area contributed by atoms with Crippen LogP contribution in [0.25, 0.3) is 0 Å². The molecule has 0 radical (unpaired) electrons. The molecule has 0 spiro atoms. The summed E-state index contributed by atoms with van der Waals surface area (Å²) in [6.07, 6.45) is 3.10. The monoisotopic (exact) mass is 264 g/mol. The van der Waals surface area contributed by atoms with Crippen LogP contribution in [-0.4, -0.2) is 24.0 Å². The van der Waals surface area contributed by atoms with Crippen molar-refractivity contribution < 1.29 is 19.4 Å². The third kappa shape index (κ3) is 4.39. The Balaban J connectivity index is 2.77. The molecule has 104 valence electrons. The van der Waals surface area contributed by atoms with Crippen molar-refractivity contribution >= 4 is 11.8 Å². The minimum absolute atomic E-state index is 0.328. The molecule has 1 aromatic rings. The number of Topliss-reactive ketones (excluding diaryl/α,β-unsaturated/α-hetero) is 1. The number of aliphatic carboxylic acids is 1. The fraction of sp³-hybridized carbons (Fsp3) is 0.467. The van der Waals surface area contributed by atoms with Crippen LogP contribution >= 0.6 is 0 Å². The van der Waals surface area contributed by atoms with Crippen LogP contribution in [0.1, 0.15) is 43.0 Å². The van der Waals surface area contributed by atoms with E-state index in [9.17, 15) is 9.59 Å². The second kappa shape index (κ2) is 7.56. The van der Waals surface area contributed by atoms with Gasteiger partial charge in [0.2, 0.25) is 0 Å². The maximum absolute atomic E-state index is 12.2. The van der Waals surface area contributed by atoms with Gasteiger partial charge in [-0.1, -0.05) is 26.2 Å². The molecular weight excluding hydrogens is 244 g/mol. The highest BCUT2D eigenvalue weighted by Gasteiger charge is 2.26. The number of methoxy groups -OCH3 is 1. The first-order valence-electron chi connectivity index (χ1n) is 6.51. The summed E-state index contributed by atoms with van der Waals surface area (Å²) < 4.78 is 5.01. The van der Waals surface area contributed by atoms with Crippen molar-refractivity contribution in [2.75, 3.05) is 7.11 Å². The van der Waals surface area contributed by atoms with Crippen LogP contribution in [0.3, 0.4) is 0 Å². The van der Waals surface area contributed by atoms with Gasteiger partial charge in [-0.3, -0.25) is 9.59 Å². The third-order valence-corrected chi connectivity index (χ3v) is 3.09. The molecule has 0 amide bonds. The van der Waals surface area contributed by atoms with Crippen molar-refractivity contribution in [2.45, 2.75) is 32.6 Å². The van der Waals surface area contributed by atoms with Crippen LogP contribution in [0.15, 0.2) is 24.3 Å². The highest BCUT2D eigenvalue weighted by Crippen LogP contribution is 2.19. The summed E-state index contributed by atoms with van der Waals surface area (Å²) in [5, 5.41) is 9.16. The average molecular weight is 264 g/mol. The Morgan fingerprint density at radius 1 is 1.21 bits per heavy atom. The SMILES string of the molecule is CCCCCC(C(=O)O)C(=O)c1ccc(OC)cc1. The topological polar surface area (TPSA) is 63.6 Å². The Hall–Kier alpha value is -1.84. The van der Waals surface area contributed by atoms with E-state index in [-0.39, 0.29) is 5.78 Å². The van der Waals surface area contributed by atoms with Crippen LogP contribution < -0.4 is 4.74 Å². The smallest absolute Gasteiger partial charge is 0.314 e. The first kappa shape index (κ1) is 15.2. The van der Waals surface area contributed by atoms with Gasteiger partial charge in [0.15, 0.2) is 5.78 Å². The van der Waals surface area contributed by atoms with Gasteiger partial charge in [0.05, 0.1) is 7.11 Å². The lowest BCUT2D eigenvalue weighted by Gasteiger charge is -2.11. The molecule has 0 fully saturated rings. The minimum Gasteiger partial charge on any atom is -0.497 e. The predicted molar refractivity (Wildman–Crippen MR) is 72.6 cm³/mol.